The summed E-state index contributed by atoms with van der Waals surface area (Å²) in [6.45, 7) is 3.59. The van der Waals surface area contributed by atoms with Crippen LogP contribution in [0, 0.1) is 6.92 Å². The minimum atomic E-state index is -3.40. The number of nitrogens with one attached hydrogen (secondary N) is 1. The minimum Gasteiger partial charge on any atom is -0.349 e. The van der Waals surface area contributed by atoms with Crippen molar-refractivity contribution in [2.75, 3.05) is 5.75 Å². The lowest BCUT2D eigenvalue weighted by Crippen LogP contribution is -2.37. The molecule has 0 aliphatic carbocycles. The number of amides is 1. The second-order valence-electron chi connectivity index (χ2n) is 4.98. The molecule has 1 aromatic carbocycles. The number of aryl methyl sites for hydroxylation is 1. The standard InChI is InChI=1S/C15H17NO3S2/c1-11-3-5-14(6-4-11)21(18,19)10-12(2)16-15(17)13-7-8-20-9-13/h3-9,12H,10H2,1-2H3,(H,16,17). The molecule has 1 N–H and O–H groups in total. The van der Waals surface area contributed by atoms with Gasteiger partial charge in [-0.1, -0.05) is 17.7 Å². The first kappa shape index (κ1) is 15.7. The number of benzene rings is 1. The Hall–Kier alpha value is -1.66. The van der Waals surface area contributed by atoms with Gasteiger partial charge in [0, 0.05) is 17.0 Å². The van der Waals surface area contributed by atoms with Crippen LogP contribution in [0.4, 0.5) is 0 Å². The van der Waals surface area contributed by atoms with E-state index in [-0.39, 0.29) is 16.6 Å². The van der Waals surface area contributed by atoms with Crippen molar-refractivity contribution in [1.29, 1.82) is 0 Å². The van der Waals surface area contributed by atoms with Crippen molar-refractivity contribution in [3.63, 3.8) is 0 Å². The number of hydrogen-bond donors (Lipinski definition) is 1. The van der Waals surface area contributed by atoms with E-state index < -0.39 is 15.9 Å². The van der Waals surface area contributed by atoms with Crippen LogP contribution in [0.15, 0.2) is 46.0 Å². The average Bonchev–Trinajstić information content (AvgIpc) is 2.92. The van der Waals surface area contributed by atoms with Gasteiger partial charge in [-0.2, -0.15) is 11.3 Å². The molecule has 21 heavy (non-hydrogen) atoms. The molecular weight excluding hydrogens is 306 g/mol. The molecule has 2 aromatic rings. The lowest BCUT2D eigenvalue weighted by molar-refractivity contribution is 0.0944. The molecule has 2 rings (SSSR count). The molecule has 0 aliphatic rings. The first-order valence-corrected chi connectivity index (χ1v) is 9.10. The number of thiophene rings is 1. The molecule has 0 spiro atoms. The van der Waals surface area contributed by atoms with E-state index in [1.165, 1.54) is 11.3 Å². The third-order valence-electron chi connectivity index (χ3n) is 3.01. The van der Waals surface area contributed by atoms with Gasteiger partial charge in [0.1, 0.15) is 0 Å². The zero-order valence-corrected chi connectivity index (χ0v) is 13.5. The molecule has 1 amide bonds. The Bertz CT molecular complexity index is 704. The number of carbonyl (C=O) groups is 1. The van der Waals surface area contributed by atoms with E-state index in [4.69, 9.17) is 0 Å². The smallest absolute Gasteiger partial charge is 0.252 e. The van der Waals surface area contributed by atoms with E-state index in [0.717, 1.165) is 5.56 Å². The fraction of sp³-hybridized carbons (Fsp3) is 0.267. The normalized spacial score (nSPS) is 12.9. The summed E-state index contributed by atoms with van der Waals surface area (Å²) in [4.78, 5) is 12.2. The monoisotopic (exact) mass is 323 g/mol. The fourth-order valence-electron chi connectivity index (χ4n) is 1.91. The minimum absolute atomic E-state index is 0.119. The molecule has 4 nitrogen and oxygen atoms in total. The molecule has 1 aromatic heterocycles. The molecule has 0 fully saturated rings. The highest BCUT2D eigenvalue weighted by molar-refractivity contribution is 7.91. The summed E-state index contributed by atoms with van der Waals surface area (Å²) in [6, 6.07) is 7.98. The van der Waals surface area contributed by atoms with Gasteiger partial charge in [-0.3, -0.25) is 4.79 Å². The molecule has 0 aliphatic heterocycles. The second kappa shape index (κ2) is 6.41. The Balaban J connectivity index is 2.03. The summed E-state index contributed by atoms with van der Waals surface area (Å²) in [5, 5.41) is 6.25. The van der Waals surface area contributed by atoms with Crippen molar-refractivity contribution in [2.45, 2.75) is 24.8 Å². The lowest BCUT2D eigenvalue weighted by Gasteiger charge is -2.14. The zero-order chi connectivity index (χ0) is 15.5. The van der Waals surface area contributed by atoms with Crippen LogP contribution in [-0.2, 0) is 9.84 Å². The first-order chi connectivity index (χ1) is 9.88. The summed E-state index contributed by atoms with van der Waals surface area (Å²) in [7, 11) is -3.40. The third kappa shape index (κ3) is 4.15. The highest BCUT2D eigenvalue weighted by Gasteiger charge is 2.20. The van der Waals surface area contributed by atoms with Gasteiger partial charge in [-0.25, -0.2) is 8.42 Å². The largest absolute Gasteiger partial charge is 0.349 e. The van der Waals surface area contributed by atoms with Crippen molar-refractivity contribution in [2.24, 2.45) is 0 Å². The fourth-order valence-corrected chi connectivity index (χ4v) is 4.03. The molecule has 112 valence electrons. The summed E-state index contributed by atoms with van der Waals surface area (Å²) < 4.78 is 24.5. The van der Waals surface area contributed by atoms with Crippen LogP contribution in [0.3, 0.4) is 0 Å². The van der Waals surface area contributed by atoms with Crippen LogP contribution in [0.5, 0.6) is 0 Å². The molecular formula is C15H17NO3S2. The van der Waals surface area contributed by atoms with E-state index in [1.54, 1.807) is 42.6 Å². The molecule has 0 saturated heterocycles. The molecule has 1 heterocycles. The molecule has 1 unspecified atom stereocenters. The van der Waals surface area contributed by atoms with Crippen LogP contribution >= 0.6 is 11.3 Å². The molecule has 0 bridgehead atoms. The van der Waals surface area contributed by atoms with E-state index in [9.17, 15) is 13.2 Å². The van der Waals surface area contributed by atoms with Crippen molar-refractivity contribution >= 4 is 27.1 Å². The van der Waals surface area contributed by atoms with Crippen molar-refractivity contribution in [3.8, 4) is 0 Å². The number of rotatable bonds is 5. The Morgan fingerprint density at radius 1 is 1.24 bits per heavy atom. The predicted molar refractivity (Wildman–Crippen MR) is 84.5 cm³/mol. The van der Waals surface area contributed by atoms with Gasteiger partial charge >= 0.3 is 0 Å². The third-order valence-corrected chi connectivity index (χ3v) is 5.62. The van der Waals surface area contributed by atoms with Gasteiger partial charge in [0.25, 0.3) is 5.91 Å². The predicted octanol–water partition coefficient (Wildman–Crippen LogP) is 2.65. The zero-order valence-electron chi connectivity index (χ0n) is 11.9. The van der Waals surface area contributed by atoms with Gasteiger partial charge in [-0.15, -0.1) is 0 Å². The van der Waals surface area contributed by atoms with E-state index in [0.29, 0.717) is 5.56 Å². The second-order valence-corrected chi connectivity index (χ2v) is 7.80. The lowest BCUT2D eigenvalue weighted by atomic mass is 10.2. The van der Waals surface area contributed by atoms with Gasteiger partial charge in [0.15, 0.2) is 9.84 Å². The van der Waals surface area contributed by atoms with Gasteiger partial charge in [-0.05, 0) is 37.4 Å². The number of sulfone groups is 1. The van der Waals surface area contributed by atoms with Crippen LogP contribution in [-0.4, -0.2) is 26.1 Å². The maximum absolute atomic E-state index is 12.3. The summed E-state index contributed by atoms with van der Waals surface area (Å²) in [5.41, 5.74) is 1.56. The van der Waals surface area contributed by atoms with Gasteiger partial charge in [0.05, 0.1) is 10.6 Å². The molecule has 1 atom stereocenters. The quantitative estimate of drug-likeness (QED) is 0.920. The SMILES string of the molecule is Cc1ccc(S(=O)(=O)CC(C)NC(=O)c2ccsc2)cc1. The number of hydrogen-bond acceptors (Lipinski definition) is 4. The van der Waals surface area contributed by atoms with Gasteiger partial charge in [0.2, 0.25) is 0 Å². The highest BCUT2D eigenvalue weighted by Crippen LogP contribution is 2.13. The average molecular weight is 323 g/mol. The van der Waals surface area contributed by atoms with Crippen LogP contribution in [0.2, 0.25) is 0 Å². The van der Waals surface area contributed by atoms with E-state index in [2.05, 4.69) is 5.32 Å². The summed E-state index contributed by atoms with van der Waals surface area (Å²) >= 11 is 1.43. The van der Waals surface area contributed by atoms with Crippen LogP contribution in [0.1, 0.15) is 22.8 Å². The van der Waals surface area contributed by atoms with Crippen LogP contribution < -0.4 is 5.32 Å². The molecule has 6 heteroatoms. The maximum Gasteiger partial charge on any atom is 0.252 e. The Labute approximate surface area is 128 Å². The molecule has 0 radical (unpaired) electrons. The number of carbonyl (C=O) groups excluding carboxylic acids is 1. The molecule has 0 saturated carbocycles. The van der Waals surface area contributed by atoms with E-state index >= 15 is 0 Å². The summed E-state index contributed by atoms with van der Waals surface area (Å²) in [6.07, 6.45) is 0. The highest BCUT2D eigenvalue weighted by atomic mass is 32.2. The Morgan fingerprint density at radius 2 is 1.90 bits per heavy atom. The maximum atomic E-state index is 12.3. The first-order valence-electron chi connectivity index (χ1n) is 6.51. The summed E-state index contributed by atoms with van der Waals surface area (Å²) in [5.74, 6) is -0.366. The van der Waals surface area contributed by atoms with Crippen molar-refractivity contribution in [3.05, 3.63) is 52.2 Å². The van der Waals surface area contributed by atoms with Crippen molar-refractivity contribution < 1.29 is 13.2 Å². The Morgan fingerprint density at radius 3 is 2.48 bits per heavy atom. The van der Waals surface area contributed by atoms with Crippen LogP contribution in [0.25, 0.3) is 0 Å². The van der Waals surface area contributed by atoms with E-state index in [1.807, 2.05) is 12.3 Å². The van der Waals surface area contributed by atoms with Crippen molar-refractivity contribution in [1.82, 2.24) is 5.32 Å². The Kier molecular flexibility index (Phi) is 4.80. The van der Waals surface area contributed by atoms with Gasteiger partial charge < -0.3 is 5.32 Å². The topological polar surface area (TPSA) is 63.2 Å².